The first-order valence-electron chi connectivity index (χ1n) is 22.2. The number of likely N-dealkylation sites (tertiary alicyclic amines) is 1. The highest BCUT2D eigenvalue weighted by atomic mass is 16.5. The molecule has 332 valence electrons. The van der Waals surface area contributed by atoms with E-state index < -0.39 is 29.7 Å². The minimum absolute atomic E-state index is 0.107. The predicted molar refractivity (Wildman–Crippen MR) is 241 cm³/mol. The van der Waals surface area contributed by atoms with Crippen LogP contribution in [0.2, 0.25) is 0 Å². The monoisotopic (exact) mass is 856 g/mol. The number of amides is 4. The van der Waals surface area contributed by atoms with Crippen LogP contribution in [0.15, 0.2) is 73.1 Å². The SMILES string of the molecule is COC(=O)N[C@H](C(=O)N1CC2(CC2)C[C@H]1c1ncc(-c2ccc3cc(-c4ccc(-c5cnc([C@@H](NC(=O)[C@@H](NC(=O)OC)C(C)(C)C)C6CCCC6)[nH]5)cc4)ccc3c2)[nH]1)C(C)C. The fourth-order valence-electron chi connectivity index (χ4n) is 9.47. The van der Waals surface area contributed by atoms with Crippen molar-refractivity contribution in [3.05, 3.63) is 84.7 Å². The van der Waals surface area contributed by atoms with E-state index in [0.717, 1.165) is 95.2 Å². The summed E-state index contributed by atoms with van der Waals surface area (Å²) in [4.78, 5) is 70.5. The number of benzene rings is 3. The minimum atomic E-state index is -0.788. The Hall–Kier alpha value is -6.18. The van der Waals surface area contributed by atoms with Gasteiger partial charge < -0.3 is 40.3 Å². The van der Waals surface area contributed by atoms with Gasteiger partial charge in [-0.05, 0) is 94.4 Å². The number of imidazole rings is 2. The molecule has 3 aromatic carbocycles. The third-order valence-electron chi connectivity index (χ3n) is 13.4. The number of carbonyl (C=O) groups excluding carboxylic acids is 4. The number of aromatic amines is 2. The van der Waals surface area contributed by atoms with Gasteiger partial charge in [0.05, 0.1) is 50.1 Å². The van der Waals surface area contributed by atoms with Crippen LogP contribution in [0.4, 0.5) is 9.59 Å². The van der Waals surface area contributed by atoms with Gasteiger partial charge in [0.25, 0.3) is 0 Å². The molecule has 5 N–H and O–H groups in total. The molecule has 3 fully saturated rings. The summed E-state index contributed by atoms with van der Waals surface area (Å²) >= 11 is 0. The van der Waals surface area contributed by atoms with Gasteiger partial charge in [-0.1, -0.05) is 96.0 Å². The van der Waals surface area contributed by atoms with Crippen LogP contribution in [0.25, 0.3) is 44.4 Å². The zero-order chi connectivity index (χ0) is 44.6. The largest absolute Gasteiger partial charge is 0.453 e. The lowest BCUT2D eigenvalue weighted by molar-refractivity contribution is -0.135. The third-order valence-corrected chi connectivity index (χ3v) is 13.4. The number of alkyl carbamates (subject to hydrolysis) is 2. The second kappa shape index (κ2) is 17.5. The second-order valence-electron chi connectivity index (χ2n) is 19.2. The summed E-state index contributed by atoms with van der Waals surface area (Å²) in [5.74, 6) is 1.20. The Bertz CT molecular complexity index is 2470. The van der Waals surface area contributed by atoms with Crippen LogP contribution in [0.5, 0.6) is 0 Å². The highest BCUT2D eigenvalue weighted by Crippen LogP contribution is 2.58. The van der Waals surface area contributed by atoms with E-state index in [-0.39, 0.29) is 41.1 Å². The van der Waals surface area contributed by atoms with E-state index in [2.05, 4.69) is 86.6 Å². The van der Waals surface area contributed by atoms with Crippen molar-refractivity contribution in [2.24, 2.45) is 22.7 Å². The van der Waals surface area contributed by atoms with Crippen LogP contribution < -0.4 is 16.0 Å². The molecule has 14 heteroatoms. The maximum Gasteiger partial charge on any atom is 0.407 e. The molecule has 3 aliphatic rings. The summed E-state index contributed by atoms with van der Waals surface area (Å²) in [5.41, 5.74) is 5.47. The zero-order valence-corrected chi connectivity index (χ0v) is 37.3. The fourth-order valence-corrected chi connectivity index (χ4v) is 9.47. The quantitative estimate of drug-likeness (QED) is 0.0825. The molecular formula is C49H60N8O6. The molecule has 0 radical (unpaired) electrons. The number of fused-ring (bicyclic) bond motifs is 1. The molecule has 4 atom stereocenters. The highest BCUT2D eigenvalue weighted by molar-refractivity contribution is 5.91. The van der Waals surface area contributed by atoms with Crippen molar-refractivity contribution in [3.63, 3.8) is 0 Å². The van der Waals surface area contributed by atoms with Gasteiger partial charge in [-0.2, -0.15) is 0 Å². The van der Waals surface area contributed by atoms with Crippen LogP contribution in [0, 0.1) is 22.7 Å². The van der Waals surface area contributed by atoms with Crippen molar-refractivity contribution in [1.82, 2.24) is 40.8 Å². The summed E-state index contributed by atoms with van der Waals surface area (Å²) in [5, 5.41) is 10.9. The summed E-state index contributed by atoms with van der Waals surface area (Å²) in [7, 11) is 2.60. The number of methoxy groups -OCH3 is 2. The summed E-state index contributed by atoms with van der Waals surface area (Å²) < 4.78 is 9.64. The van der Waals surface area contributed by atoms with Gasteiger partial charge in [-0.3, -0.25) is 9.59 Å². The number of nitrogens with one attached hydrogen (secondary N) is 5. The van der Waals surface area contributed by atoms with Gasteiger partial charge in [-0.25, -0.2) is 19.6 Å². The fraction of sp³-hybridized carbons (Fsp3) is 0.469. The van der Waals surface area contributed by atoms with Crippen molar-refractivity contribution in [3.8, 4) is 33.6 Å². The number of aromatic nitrogens is 4. The molecule has 2 saturated carbocycles. The molecular weight excluding hydrogens is 797 g/mol. The van der Waals surface area contributed by atoms with Crippen LogP contribution in [0.3, 0.4) is 0 Å². The number of hydrogen-bond acceptors (Lipinski definition) is 8. The lowest BCUT2D eigenvalue weighted by Crippen LogP contribution is -2.54. The molecule has 8 rings (SSSR count). The number of hydrogen-bond donors (Lipinski definition) is 5. The van der Waals surface area contributed by atoms with Crippen LogP contribution in [-0.4, -0.2) is 81.7 Å². The molecule has 1 saturated heterocycles. The number of carbonyl (C=O) groups is 4. The van der Waals surface area contributed by atoms with E-state index in [1.54, 1.807) is 0 Å². The van der Waals surface area contributed by atoms with Gasteiger partial charge >= 0.3 is 12.2 Å². The maximum atomic E-state index is 13.9. The van der Waals surface area contributed by atoms with E-state index >= 15 is 0 Å². The first kappa shape index (κ1) is 43.5. The van der Waals surface area contributed by atoms with Crippen molar-refractivity contribution in [1.29, 1.82) is 0 Å². The van der Waals surface area contributed by atoms with E-state index in [9.17, 15) is 19.2 Å². The number of rotatable bonds is 12. The number of H-pyrrole nitrogens is 2. The Labute approximate surface area is 368 Å². The smallest absolute Gasteiger partial charge is 0.407 e. The first-order chi connectivity index (χ1) is 30.1. The van der Waals surface area contributed by atoms with E-state index in [0.29, 0.717) is 12.4 Å². The standard InChI is InChI=1S/C49H60N8O6/c1-28(2)39(55-46(60)62-6)45(59)57-27-49(20-21-49)24-38(57)42-50-26-37(52-42)35-19-18-33-22-32(16-17-34(33)23-35)29-12-14-30(15-13-29)36-25-51-43(53-36)40(31-10-8-9-11-31)54-44(58)41(48(3,4)5)56-47(61)63-7/h12-19,22-23,25-26,28,31,38-41H,8-11,20-21,24,27H2,1-7H3,(H,50,52)(H,51,53)(H,54,58)(H,55,60)(H,56,61)/t38-,39-,40-,41+/m0/s1. The third kappa shape index (κ3) is 9.30. The van der Waals surface area contributed by atoms with Gasteiger partial charge in [0.2, 0.25) is 11.8 Å². The van der Waals surface area contributed by atoms with E-state index in [4.69, 9.17) is 19.4 Å². The number of ether oxygens (including phenoxy) is 2. The van der Waals surface area contributed by atoms with Crippen molar-refractivity contribution >= 4 is 34.8 Å². The topological polar surface area (TPSA) is 183 Å². The van der Waals surface area contributed by atoms with Crippen molar-refractivity contribution in [2.75, 3.05) is 20.8 Å². The summed E-state index contributed by atoms with van der Waals surface area (Å²) in [6, 6.07) is 19.2. The predicted octanol–water partition coefficient (Wildman–Crippen LogP) is 8.84. The average molecular weight is 857 g/mol. The molecule has 3 heterocycles. The number of nitrogens with zero attached hydrogens (tertiary/aromatic N) is 3. The van der Waals surface area contributed by atoms with Crippen LogP contribution >= 0.6 is 0 Å². The van der Waals surface area contributed by atoms with E-state index in [1.807, 2.05) is 51.9 Å². The molecule has 1 spiro atoms. The Morgan fingerprint density at radius 1 is 0.762 bits per heavy atom. The molecule has 5 aromatic rings. The molecule has 1 aliphatic heterocycles. The van der Waals surface area contributed by atoms with Crippen LogP contribution in [-0.2, 0) is 19.1 Å². The molecule has 2 aliphatic carbocycles. The average Bonchev–Trinajstić information content (AvgIpc) is 3.85. The van der Waals surface area contributed by atoms with Gasteiger partial charge in [0, 0.05) is 12.1 Å². The van der Waals surface area contributed by atoms with Gasteiger partial charge in [0.15, 0.2) is 0 Å². The molecule has 2 aromatic heterocycles. The minimum Gasteiger partial charge on any atom is -0.453 e. The Morgan fingerprint density at radius 3 is 1.98 bits per heavy atom. The molecule has 0 unspecified atom stereocenters. The zero-order valence-electron chi connectivity index (χ0n) is 37.3. The second-order valence-corrected chi connectivity index (χ2v) is 19.2. The molecule has 4 amide bonds. The Kier molecular flexibility index (Phi) is 12.1. The van der Waals surface area contributed by atoms with Crippen molar-refractivity contribution in [2.45, 2.75) is 104 Å². The molecule has 63 heavy (non-hydrogen) atoms. The summed E-state index contributed by atoms with van der Waals surface area (Å²) in [6.07, 6.45) is 9.59. The Balaban J connectivity index is 0.963. The first-order valence-corrected chi connectivity index (χ1v) is 22.2. The highest BCUT2D eigenvalue weighted by Gasteiger charge is 2.55. The van der Waals surface area contributed by atoms with Crippen LogP contribution in [0.1, 0.15) is 103 Å². The lowest BCUT2D eigenvalue weighted by Gasteiger charge is -2.32. The molecule has 14 nitrogen and oxygen atoms in total. The summed E-state index contributed by atoms with van der Waals surface area (Å²) in [6.45, 7) is 10.2. The maximum absolute atomic E-state index is 13.9. The molecule has 0 bridgehead atoms. The lowest BCUT2D eigenvalue weighted by atomic mass is 9.85. The van der Waals surface area contributed by atoms with Crippen molar-refractivity contribution < 1.29 is 28.7 Å². The Morgan fingerprint density at radius 2 is 1.35 bits per heavy atom. The van der Waals surface area contributed by atoms with Gasteiger partial charge in [-0.15, -0.1) is 0 Å². The van der Waals surface area contributed by atoms with E-state index in [1.165, 1.54) is 14.2 Å². The van der Waals surface area contributed by atoms with Gasteiger partial charge in [0.1, 0.15) is 23.7 Å². The normalized spacial score (nSPS) is 18.6.